The van der Waals surface area contributed by atoms with Gasteiger partial charge in [-0.3, -0.25) is 9.63 Å². The number of rotatable bonds is 3. The van der Waals surface area contributed by atoms with Gasteiger partial charge in [0.25, 0.3) is 5.91 Å². The Hall–Kier alpha value is -1.75. The van der Waals surface area contributed by atoms with E-state index in [1.807, 2.05) is 0 Å². The predicted molar refractivity (Wildman–Crippen MR) is 51.9 cm³/mol. The third-order valence-electron chi connectivity index (χ3n) is 1.70. The molecule has 0 bridgehead atoms. The average molecular weight is 196 g/mol. The van der Waals surface area contributed by atoms with Crippen molar-refractivity contribution in [3.05, 3.63) is 23.8 Å². The molecule has 0 aliphatic carbocycles. The number of carbonyl (C=O) groups excluding carboxylic acids is 1. The number of benzene rings is 1. The summed E-state index contributed by atoms with van der Waals surface area (Å²) in [6.45, 7) is 0. The maximum Gasteiger partial charge on any atom is 0.280 e. The number of nitrogen functional groups attached to an aromatic ring is 1. The Bertz CT molecular complexity index is 339. The largest absolute Gasteiger partial charge is 0.496 e. The van der Waals surface area contributed by atoms with Crippen molar-refractivity contribution >= 4 is 11.6 Å². The van der Waals surface area contributed by atoms with Crippen LogP contribution in [0.5, 0.6) is 5.75 Å². The number of ether oxygens (including phenoxy) is 1. The summed E-state index contributed by atoms with van der Waals surface area (Å²) in [5, 5.41) is 0. The first kappa shape index (κ1) is 10.3. The summed E-state index contributed by atoms with van der Waals surface area (Å²) in [6, 6.07) is 4.98. The molecule has 0 aliphatic rings. The quantitative estimate of drug-likeness (QED) is 0.547. The van der Waals surface area contributed by atoms with Gasteiger partial charge >= 0.3 is 0 Å². The van der Waals surface area contributed by atoms with Crippen LogP contribution in [0, 0.1) is 0 Å². The lowest BCUT2D eigenvalue weighted by atomic mass is 10.1. The molecule has 3 N–H and O–H groups in total. The summed E-state index contributed by atoms with van der Waals surface area (Å²) < 4.78 is 5.00. The Labute approximate surface area is 81.8 Å². The molecule has 1 amide bonds. The van der Waals surface area contributed by atoms with Gasteiger partial charge in [0.05, 0.1) is 14.2 Å². The van der Waals surface area contributed by atoms with Gasteiger partial charge < -0.3 is 10.5 Å². The predicted octanol–water partition coefficient (Wildman–Crippen LogP) is 0.569. The maximum atomic E-state index is 11.4. The van der Waals surface area contributed by atoms with Gasteiger partial charge in [-0.15, -0.1) is 0 Å². The Kier molecular flexibility index (Phi) is 3.30. The van der Waals surface area contributed by atoms with Crippen LogP contribution in [0.1, 0.15) is 10.4 Å². The Morgan fingerprint density at radius 2 is 2.14 bits per heavy atom. The molecule has 76 valence electrons. The first-order valence-corrected chi connectivity index (χ1v) is 3.96. The van der Waals surface area contributed by atoms with E-state index in [4.69, 9.17) is 10.5 Å². The topological polar surface area (TPSA) is 73.6 Å². The van der Waals surface area contributed by atoms with Gasteiger partial charge in [-0.25, -0.2) is 5.48 Å². The second-order valence-corrected chi connectivity index (χ2v) is 2.56. The van der Waals surface area contributed by atoms with Crippen molar-refractivity contribution in [3.8, 4) is 5.75 Å². The summed E-state index contributed by atoms with van der Waals surface area (Å²) in [4.78, 5) is 16.0. The molecule has 0 aromatic heterocycles. The molecule has 1 aromatic carbocycles. The van der Waals surface area contributed by atoms with Gasteiger partial charge in [0, 0.05) is 5.69 Å². The third kappa shape index (κ3) is 1.94. The van der Waals surface area contributed by atoms with Crippen molar-refractivity contribution < 1.29 is 14.4 Å². The van der Waals surface area contributed by atoms with E-state index in [0.717, 1.165) is 0 Å². The molecule has 0 radical (unpaired) electrons. The van der Waals surface area contributed by atoms with Gasteiger partial charge in [0.2, 0.25) is 0 Å². The van der Waals surface area contributed by atoms with Crippen molar-refractivity contribution in [3.63, 3.8) is 0 Å². The van der Waals surface area contributed by atoms with Crippen LogP contribution in [0.15, 0.2) is 18.2 Å². The lowest BCUT2D eigenvalue weighted by molar-refractivity contribution is 0.0536. The summed E-state index contributed by atoms with van der Waals surface area (Å²) >= 11 is 0. The Morgan fingerprint density at radius 3 is 2.71 bits per heavy atom. The van der Waals surface area contributed by atoms with Crippen LogP contribution in [0.4, 0.5) is 5.69 Å². The zero-order valence-electron chi connectivity index (χ0n) is 8.03. The van der Waals surface area contributed by atoms with E-state index >= 15 is 0 Å². The van der Waals surface area contributed by atoms with Gasteiger partial charge in [0.15, 0.2) is 0 Å². The summed E-state index contributed by atoms with van der Waals surface area (Å²) in [5.41, 5.74) is 8.43. The number of hydroxylamine groups is 1. The van der Waals surface area contributed by atoms with E-state index < -0.39 is 5.91 Å². The van der Waals surface area contributed by atoms with E-state index in [2.05, 4.69) is 10.3 Å². The number of hydrogen-bond acceptors (Lipinski definition) is 4. The molecule has 0 heterocycles. The number of carbonyl (C=O) groups is 1. The molecule has 0 saturated carbocycles. The lowest BCUT2D eigenvalue weighted by Crippen LogP contribution is -2.23. The fourth-order valence-electron chi connectivity index (χ4n) is 1.10. The zero-order valence-corrected chi connectivity index (χ0v) is 8.03. The molecule has 0 fully saturated rings. The highest BCUT2D eigenvalue weighted by Gasteiger charge is 2.14. The van der Waals surface area contributed by atoms with Crippen LogP contribution in [0.2, 0.25) is 0 Å². The first-order chi connectivity index (χ1) is 6.70. The normalized spacial score (nSPS) is 9.57. The van der Waals surface area contributed by atoms with Crippen LogP contribution in [0.3, 0.4) is 0 Å². The highest BCUT2D eigenvalue weighted by Crippen LogP contribution is 2.23. The minimum atomic E-state index is -0.428. The first-order valence-electron chi connectivity index (χ1n) is 3.96. The van der Waals surface area contributed by atoms with Crippen LogP contribution >= 0.6 is 0 Å². The molecule has 0 atom stereocenters. The smallest absolute Gasteiger partial charge is 0.280 e. The van der Waals surface area contributed by atoms with Crippen molar-refractivity contribution in [2.75, 3.05) is 20.0 Å². The van der Waals surface area contributed by atoms with Gasteiger partial charge in [-0.2, -0.15) is 0 Å². The maximum absolute atomic E-state index is 11.4. The number of hydrogen-bond donors (Lipinski definition) is 2. The molecular formula is C9H12N2O3. The van der Waals surface area contributed by atoms with Crippen molar-refractivity contribution in [1.82, 2.24) is 5.48 Å². The van der Waals surface area contributed by atoms with E-state index in [0.29, 0.717) is 11.4 Å². The van der Waals surface area contributed by atoms with Crippen molar-refractivity contribution in [2.45, 2.75) is 0 Å². The molecule has 1 aromatic rings. The Balaban J connectivity index is 3.10. The standard InChI is InChI=1S/C9H12N2O3/c1-13-7-5-3-4-6(10)8(7)9(12)11-14-2/h3-5H,10H2,1-2H3,(H,11,12). The lowest BCUT2D eigenvalue weighted by Gasteiger charge is -2.09. The highest BCUT2D eigenvalue weighted by atomic mass is 16.6. The number of methoxy groups -OCH3 is 1. The Morgan fingerprint density at radius 1 is 1.43 bits per heavy atom. The molecule has 1 rings (SSSR count). The number of nitrogens with two attached hydrogens (primary N) is 1. The fourth-order valence-corrected chi connectivity index (χ4v) is 1.10. The number of anilines is 1. The van der Waals surface area contributed by atoms with Crippen molar-refractivity contribution in [2.24, 2.45) is 0 Å². The van der Waals surface area contributed by atoms with Crippen LogP contribution in [-0.4, -0.2) is 20.1 Å². The van der Waals surface area contributed by atoms with E-state index in [9.17, 15) is 4.79 Å². The second kappa shape index (κ2) is 4.48. The van der Waals surface area contributed by atoms with Crippen LogP contribution in [0.25, 0.3) is 0 Å². The summed E-state index contributed by atoms with van der Waals surface area (Å²) in [5.74, 6) is -0.0120. The second-order valence-electron chi connectivity index (χ2n) is 2.56. The molecular weight excluding hydrogens is 184 g/mol. The number of amides is 1. The molecule has 5 heteroatoms. The zero-order chi connectivity index (χ0) is 10.6. The molecule has 0 aliphatic heterocycles. The molecule has 14 heavy (non-hydrogen) atoms. The highest BCUT2D eigenvalue weighted by molar-refractivity contribution is 6.01. The SMILES string of the molecule is CONC(=O)c1c(N)cccc1OC. The molecule has 0 saturated heterocycles. The van der Waals surface area contributed by atoms with E-state index in [1.54, 1.807) is 18.2 Å². The van der Waals surface area contributed by atoms with Crippen LogP contribution in [-0.2, 0) is 4.84 Å². The van der Waals surface area contributed by atoms with E-state index in [1.165, 1.54) is 14.2 Å². The van der Waals surface area contributed by atoms with Crippen LogP contribution < -0.4 is 16.0 Å². The van der Waals surface area contributed by atoms with E-state index in [-0.39, 0.29) is 5.56 Å². The monoisotopic (exact) mass is 196 g/mol. The minimum Gasteiger partial charge on any atom is -0.496 e. The minimum absolute atomic E-state index is 0.275. The summed E-state index contributed by atoms with van der Waals surface area (Å²) in [7, 11) is 2.82. The van der Waals surface area contributed by atoms with Gasteiger partial charge in [0.1, 0.15) is 11.3 Å². The van der Waals surface area contributed by atoms with Gasteiger partial charge in [-0.05, 0) is 12.1 Å². The third-order valence-corrected chi connectivity index (χ3v) is 1.70. The molecule has 0 spiro atoms. The molecule has 5 nitrogen and oxygen atoms in total. The summed E-state index contributed by atoms with van der Waals surface area (Å²) in [6.07, 6.45) is 0. The van der Waals surface area contributed by atoms with Gasteiger partial charge in [-0.1, -0.05) is 6.07 Å². The number of nitrogens with one attached hydrogen (secondary N) is 1. The molecule has 0 unspecified atom stereocenters. The average Bonchev–Trinajstić information content (AvgIpc) is 2.17. The fraction of sp³-hybridized carbons (Fsp3) is 0.222. The van der Waals surface area contributed by atoms with Crippen molar-refractivity contribution in [1.29, 1.82) is 0 Å².